The minimum Gasteiger partial charge on any atom is -0.483 e. The molecule has 0 radical (unpaired) electrons. The van der Waals surface area contributed by atoms with E-state index in [4.69, 9.17) is 4.74 Å². The number of fused-ring (bicyclic) bond motifs is 3. The highest BCUT2D eigenvalue weighted by molar-refractivity contribution is 7.98. The van der Waals surface area contributed by atoms with E-state index in [9.17, 15) is 4.39 Å². The summed E-state index contributed by atoms with van der Waals surface area (Å²) in [5, 5.41) is 0. The molecule has 0 saturated carbocycles. The number of hydrogen-bond donors (Lipinski definition) is 0. The van der Waals surface area contributed by atoms with Crippen molar-refractivity contribution in [3.8, 4) is 22.7 Å². The van der Waals surface area contributed by atoms with E-state index >= 15 is 0 Å². The minimum absolute atomic E-state index is 0.248. The van der Waals surface area contributed by atoms with Crippen molar-refractivity contribution >= 4 is 11.8 Å². The van der Waals surface area contributed by atoms with Gasteiger partial charge in [0, 0.05) is 10.5 Å². The molecule has 2 aromatic carbocycles. The minimum atomic E-state index is -0.248. The Morgan fingerprint density at radius 3 is 2.87 bits per heavy atom. The van der Waals surface area contributed by atoms with Gasteiger partial charge in [-0.25, -0.2) is 9.37 Å². The molecule has 1 aliphatic rings. The van der Waals surface area contributed by atoms with E-state index in [1.807, 2.05) is 31.4 Å². The molecule has 0 fully saturated rings. The highest BCUT2D eigenvalue weighted by Crippen LogP contribution is 2.38. The maximum Gasteiger partial charge on any atom is 0.152 e. The third-order valence-electron chi connectivity index (χ3n) is 3.98. The first kappa shape index (κ1) is 14.3. The molecule has 0 saturated heterocycles. The van der Waals surface area contributed by atoms with Gasteiger partial charge >= 0.3 is 0 Å². The van der Waals surface area contributed by atoms with Crippen LogP contribution in [0.4, 0.5) is 4.39 Å². The summed E-state index contributed by atoms with van der Waals surface area (Å²) < 4.78 is 21.6. The van der Waals surface area contributed by atoms with Gasteiger partial charge in [0.25, 0.3) is 0 Å². The number of hydrogen-bond acceptors (Lipinski definition) is 3. The van der Waals surface area contributed by atoms with E-state index in [2.05, 4.69) is 15.6 Å². The lowest BCUT2D eigenvalue weighted by Gasteiger charge is -2.22. The molecule has 5 heteroatoms. The summed E-state index contributed by atoms with van der Waals surface area (Å²) in [4.78, 5) is 5.76. The van der Waals surface area contributed by atoms with E-state index in [0.717, 1.165) is 39.1 Å². The normalized spacial score (nSPS) is 12.5. The van der Waals surface area contributed by atoms with Gasteiger partial charge in [-0.2, -0.15) is 0 Å². The van der Waals surface area contributed by atoms with Crippen LogP contribution < -0.4 is 4.74 Å². The first-order chi connectivity index (χ1) is 11.2. The first-order valence-corrected chi connectivity index (χ1v) is 8.55. The topological polar surface area (TPSA) is 27.1 Å². The molecule has 0 bridgehead atoms. The Morgan fingerprint density at radius 2 is 2.09 bits per heavy atom. The zero-order chi connectivity index (χ0) is 16.0. The molecule has 4 rings (SSSR count). The van der Waals surface area contributed by atoms with Crippen molar-refractivity contribution in [3.05, 3.63) is 59.8 Å². The third kappa shape index (κ3) is 2.32. The van der Waals surface area contributed by atoms with E-state index in [1.165, 1.54) is 6.07 Å². The van der Waals surface area contributed by atoms with Gasteiger partial charge in [-0.3, -0.25) is 4.57 Å². The Bertz CT molecular complexity index is 904. The van der Waals surface area contributed by atoms with Crippen molar-refractivity contribution in [2.45, 2.75) is 18.4 Å². The zero-order valence-electron chi connectivity index (χ0n) is 12.8. The van der Waals surface area contributed by atoms with E-state index in [1.54, 1.807) is 23.9 Å². The summed E-state index contributed by atoms with van der Waals surface area (Å²) in [6.07, 6.45) is 2.04. The Morgan fingerprint density at radius 1 is 1.22 bits per heavy atom. The van der Waals surface area contributed by atoms with Crippen LogP contribution in [0.3, 0.4) is 0 Å². The Labute approximate surface area is 138 Å². The number of imidazole rings is 1. The maximum atomic E-state index is 13.7. The summed E-state index contributed by atoms with van der Waals surface area (Å²) in [5.74, 6) is 1.42. The maximum absolute atomic E-state index is 13.7. The number of rotatable bonds is 2. The fourth-order valence-electron chi connectivity index (χ4n) is 2.98. The predicted molar refractivity (Wildman–Crippen MR) is 89.8 cm³/mol. The molecule has 3 aromatic rings. The molecule has 0 aliphatic carbocycles. The molecule has 0 spiro atoms. The number of thioether (sulfide) groups is 1. The smallest absolute Gasteiger partial charge is 0.152 e. The van der Waals surface area contributed by atoms with E-state index < -0.39 is 0 Å². The monoisotopic (exact) mass is 326 g/mol. The van der Waals surface area contributed by atoms with Gasteiger partial charge in [0.1, 0.15) is 18.2 Å². The van der Waals surface area contributed by atoms with Crippen molar-refractivity contribution in [1.29, 1.82) is 0 Å². The van der Waals surface area contributed by atoms with Crippen LogP contribution in [0.5, 0.6) is 5.75 Å². The molecular weight excluding hydrogens is 311 g/mol. The summed E-state index contributed by atoms with van der Waals surface area (Å²) in [7, 11) is 0. The Balaban J connectivity index is 1.96. The van der Waals surface area contributed by atoms with Gasteiger partial charge in [0.15, 0.2) is 5.82 Å². The Kier molecular flexibility index (Phi) is 3.38. The van der Waals surface area contributed by atoms with Crippen LogP contribution >= 0.6 is 11.8 Å². The second kappa shape index (κ2) is 5.42. The lowest BCUT2D eigenvalue weighted by Crippen LogP contribution is -2.14. The molecule has 1 aromatic heterocycles. The Hall–Kier alpha value is -2.27. The number of nitrogens with zero attached hydrogens (tertiary/aromatic N) is 2. The number of aromatic nitrogens is 2. The van der Waals surface area contributed by atoms with Crippen molar-refractivity contribution in [2.75, 3.05) is 6.26 Å². The van der Waals surface area contributed by atoms with Gasteiger partial charge in [-0.15, -0.1) is 11.8 Å². The molecule has 0 N–H and O–H groups in total. The van der Waals surface area contributed by atoms with Gasteiger partial charge in [-0.1, -0.05) is 12.1 Å². The summed E-state index contributed by atoms with van der Waals surface area (Å²) in [5.41, 5.74) is 3.56. The second-order valence-corrected chi connectivity index (χ2v) is 6.31. The predicted octanol–water partition coefficient (Wildman–Crippen LogP) is 4.60. The number of aryl methyl sites for hydroxylation is 1. The van der Waals surface area contributed by atoms with Crippen LogP contribution in [0.1, 0.15) is 11.5 Å². The lowest BCUT2D eigenvalue weighted by atomic mass is 10.1. The molecule has 2 heterocycles. The molecule has 23 heavy (non-hydrogen) atoms. The molecule has 0 unspecified atom stereocenters. The fourth-order valence-corrected chi connectivity index (χ4v) is 3.41. The molecular formula is C18H15FN2OS. The van der Waals surface area contributed by atoms with Gasteiger partial charge < -0.3 is 4.74 Å². The van der Waals surface area contributed by atoms with Crippen molar-refractivity contribution in [2.24, 2.45) is 0 Å². The lowest BCUT2D eigenvalue weighted by molar-refractivity contribution is 0.279. The quantitative estimate of drug-likeness (QED) is 0.644. The van der Waals surface area contributed by atoms with Crippen molar-refractivity contribution in [1.82, 2.24) is 9.55 Å². The SMILES string of the molecule is CSc1ccc2c(c1)OCc1nc(C)c(-c3cccc(F)c3)n1-2. The summed E-state index contributed by atoms with van der Waals surface area (Å²) in [6.45, 7) is 2.36. The largest absolute Gasteiger partial charge is 0.483 e. The fraction of sp³-hybridized carbons (Fsp3) is 0.167. The molecule has 0 amide bonds. The summed E-state index contributed by atoms with van der Waals surface area (Å²) in [6, 6.07) is 12.8. The molecule has 0 atom stereocenters. The second-order valence-electron chi connectivity index (χ2n) is 5.43. The van der Waals surface area contributed by atoms with Crippen LogP contribution in [-0.2, 0) is 6.61 Å². The standard InChI is InChI=1S/C18H15FN2OS/c1-11-18(12-4-3-5-13(19)8-12)21-15-7-6-14(23-2)9-16(15)22-10-17(21)20-11/h3-9H,10H2,1-2H3. The van der Waals surface area contributed by atoms with Crippen LogP contribution in [0.25, 0.3) is 16.9 Å². The van der Waals surface area contributed by atoms with Crippen LogP contribution in [-0.4, -0.2) is 15.8 Å². The van der Waals surface area contributed by atoms with Crippen molar-refractivity contribution in [3.63, 3.8) is 0 Å². The molecule has 1 aliphatic heterocycles. The highest BCUT2D eigenvalue weighted by Gasteiger charge is 2.24. The number of benzene rings is 2. The number of halogens is 1. The zero-order valence-corrected chi connectivity index (χ0v) is 13.7. The number of ether oxygens (including phenoxy) is 1. The van der Waals surface area contributed by atoms with Gasteiger partial charge in [0.2, 0.25) is 0 Å². The molecule has 3 nitrogen and oxygen atoms in total. The van der Waals surface area contributed by atoms with Gasteiger partial charge in [-0.05, 0) is 43.5 Å². The van der Waals surface area contributed by atoms with Crippen molar-refractivity contribution < 1.29 is 9.13 Å². The third-order valence-corrected chi connectivity index (χ3v) is 4.71. The van der Waals surface area contributed by atoms with Crippen LogP contribution in [0.2, 0.25) is 0 Å². The van der Waals surface area contributed by atoms with E-state index in [-0.39, 0.29) is 5.82 Å². The molecule has 116 valence electrons. The van der Waals surface area contributed by atoms with Gasteiger partial charge in [0.05, 0.1) is 17.1 Å². The average Bonchev–Trinajstić information content (AvgIpc) is 2.90. The first-order valence-electron chi connectivity index (χ1n) is 7.33. The van der Waals surface area contributed by atoms with Crippen LogP contribution in [0, 0.1) is 12.7 Å². The van der Waals surface area contributed by atoms with E-state index in [0.29, 0.717) is 6.61 Å². The van der Waals surface area contributed by atoms with Crippen LogP contribution in [0.15, 0.2) is 47.4 Å². The average molecular weight is 326 g/mol. The highest BCUT2D eigenvalue weighted by atomic mass is 32.2. The summed E-state index contributed by atoms with van der Waals surface area (Å²) >= 11 is 1.68.